The van der Waals surface area contributed by atoms with Crippen molar-refractivity contribution < 1.29 is 19.4 Å². The number of benzene rings is 1. The van der Waals surface area contributed by atoms with Crippen LogP contribution in [0.25, 0.3) is 11.0 Å². The normalized spacial score (nSPS) is 10.4. The molecule has 6 nitrogen and oxygen atoms in total. The maximum atomic E-state index is 11.2. The van der Waals surface area contributed by atoms with Gasteiger partial charge in [-0.05, 0) is 12.1 Å². The number of aromatic nitrogens is 2. The fourth-order valence-electron chi connectivity index (χ4n) is 1.61. The average molecular weight is 234 g/mol. The molecule has 0 aliphatic heterocycles. The highest BCUT2D eigenvalue weighted by atomic mass is 16.5. The lowest BCUT2D eigenvalue weighted by molar-refractivity contribution is -0.139. The van der Waals surface area contributed by atoms with Crippen LogP contribution < -0.4 is 0 Å². The lowest BCUT2D eigenvalue weighted by atomic mass is 10.3. The minimum absolute atomic E-state index is 0.158. The summed E-state index contributed by atoms with van der Waals surface area (Å²) in [6, 6.07) is 6.79. The first-order valence-corrected chi connectivity index (χ1v) is 4.90. The molecule has 1 aromatic carbocycles. The fourth-order valence-corrected chi connectivity index (χ4v) is 1.61. The van der Waals surface area contributed by atoms with Gasteiger partial charge in [-0.2, -0.15) is 0 Å². The largest absolute Gasteiger partial charge is 0.469 e. The first kappa shape index (κ1) is 11.1. The van der Waals surface area contributed by atoms with Crippen LogP contribution in [0, 0.1) is 0 Å². The molecule has 17 heavy (non-hydrogen) atoms. The minimum atomic E-state index is -1.17. The molecule has 2 aromatic rings. The monoisotopic (exact) mass is 234 g/mol. The van der Waals surface area contributed by atoms with Crippen LogP contribution in [0.1, 0.15) is 5.82 Å². The summed E-state index contributed by atoms with van der Waals surface area (Å²) in [6.45, 7) is 0. The summed E-state index contributed by atoms with van der Waals surface area (Å²) in [7, 11) is 1.25. The van der Waals surface area contributed by atoms with E-state index in [0.29, 0.717) is 11.0 Å². The highest BCUT2D eigenvalue weighted by molar-refractivity contribution is 5.87. The van der Waals surface area contributed by atoms with Crippen molar-refractivity contribution >= 4 is 23.1 Å². The van der Waals surface area contributed by atoms with Gasteiger partial charge >= 0.3 is 12.1 Å². The van der Waals surface area contributed by atoms with E-state index in [1.54, 1.807) is 24.3 Å². The molecule has 0 aliphatic carbocycles. The molecule has 6 heteroatoms. The Hall–Kier alpha value is -2.37. The van der Waals surface area contributed by atoms with Crippen molar-refractivity contribution in [2.24, 2.45) is 0 Å². The van der Waals surface area contributed by atoms with Gasteiger partial charge in [-0.3, -0.25) is 4.79 Å². The zero-order valence-electron chi connectivity index (χ0n) is 9.08. The van der Waals surface area contributed by atoms with Crippen LogP contribution in [0.2, 0.25) is 0 Å². The summed E-state index contributed by atoms with van der Waals surface area (Å²) in [6.07, 6.45) is -1.34. The lowest BCUT2D eigenvalue weighted by Gasteiger charge is -2.01. The zero-order chi connectivity index (χ0) is 12.4. The van der Waals surface area contributed by atoms with Crippen LogP contribution in [-0.4, -0.2) is 33.8 Å². The fraction of sp³-hybridized carbons (Fsp3) is 0.182. The molecular weight excluding hydrogens is 224 g/mol. The second kappa shape index (κ2) is 4.25. The lowest BCUT2D eigenvalue weighted by Crippen LogP contribution is -2.16. The molecule has 0 saturated heterocycles. The van der Waals surface area contributed by atoms with Gasteiger partial charge in [0.05, 0.1) is 18.1 Å². The third kappa shape index (κ3) is 1.96. The second-order valence-electron chi connectivity index (χ2n) is 3.39. The molecule has 1 N–H and O–H groups in total. The molecule has 1 aromatic heterocycles. The van der Waals surface area contributed by atoms with Crippen molar-refractivity contribution in [1.82, 2.24) is 9.55 Å². The molecule has 0 unspecified atom stereocenters. The van der Waals surface area contributed by atoms with E-state index in [0.717, 1.165) is 4.57 Å². The van der Waals surface area contributed by atoms with E-state index >= 15 is 0 Å². The predicted octanol–water partition coefficient (Wildman–Crippen LogP) is 1.28. The van der Waals surface area contributed by atoms with Crippen LogP contribution >= 0.6 is 0 Å². The molecule has 0 radical (unpaired) electrons. The zero-order valence-corrected chi connectivity index (χ0v) is 9.08. The summed E-state index contributed by atoms with van der Waals surface area (Å²) >= 11 is 0. The minimum Gasteiger partial charge on any atom is -0.469 e. The summed E-state index contributed by atoms with van der Waals surface area (Å²) in [5.74, 6) is -0.367. The van der Waals surface area contributed by atoms with Crippen molar-refractivity contribution in [1.29, 1.82) is 0 Å². The highest BCUT2D eigenvalue weighted by Crippen LogP contribution is 2.16. The molecule has 88 valence electrons. The SMILES string of the molecule is COC(=O)Cc1nc2ccccc2n1C(=O)O. The number of nitrogens with zero attached hydrogens (tertiary/aromatic N) is 2. The number of imidazole rings is 1. The molecule has 2 rings (SSSR count). The van der Waals surface area contributed by atoms with E-state index in [2.05, 4.69) is 9.72 Å². The molecule has 0 bridgehead atoms. The molecule has 0 spiro atoms. The van der Waals surface area contributed by atoms with E-state index < -0.39 is 12.1 Å². The van der Waals surface area contributed by atoms with Crippen LogP contribution in [0.15, 0.2) is 24.3 Å². The molecule has 0 saturated carbocycles. The Bertz CT molecular complexity index is 588. The quantitative estimate of drug-likeness (QED) is 0.791. The van der Waals surface area contributed by atoms with Crippen LogP contribution in [0.4, 0.5) is 4.79 Å². The van der Waals surface area contributed by atoms with E-state index in [1.165, 1.54) is 7.11 Å². The highest BCUT2D eigenvalue weighted by Gasteiger charge is 2.18. The Balaban J connectivity index is 2.57. The summed E-state index contributed by atoms with van der Waals surface area (Å²) in [4.78, 5) is 26.4. The molecule has 0 fully saturated rings. The van der Waals surface area contributed by atoms with E-state index in [9.17, 15) is 9.59 Å². The van der Waals surface area contributed by atoms with Gasteiger partial charge in [0.2, 0.25) is 0 Å². The van der Waals surface area contributed by atoms with Gasteiger partial charge in [-0.25, -0.2) is 14.3 Å². The molecule has 0 aliphatic rings. The van der Waals surface area contributed by atoms with Crippen molar-refractivity contribution in [3.63, 3.8) is 0 Å². The maximum absolute atomic E-state index is 11.2. The van der Waals surface area contributed by atoms with E-state index in [-0.39, 0.29) is 12.2 Å². The summed E-state index contributed by atoms with van der Waals surface area (Å²) in [5.41, 5.74) is 0.993. The third-order valence-corrected chi connectivity index (χ3v) is 2.35. The number of hydrogen-bond donors (Lipinski definition) is 1. The Morgan fingerprint density at radius 2 is 2.12 bits per heavy atom. The number of fused-ring (bicyclic) bond motifs is 1. The molecular formula is C11H10N2O4. The van der Waals surface area contributed by atoms with Crippen molar-refractivity contribution in [2.75, 3.05) is 7.11 Å². The number of ether oxygens (including phenoxy) is 1. The molecule has 0 atom stereocenters. The Morgan fingerprint density at radius 3 is 2.76 bits per heavy atom. The third-order valence-electron chi connectivity index (χ3n) is 2.35. The van der Waals surface area contributed by atoms with Gasteiger partial charge in [0.1, 0.15) is 12.2 Å². The number of carbonyl (C=O) groups excluding carboxylic acids is 1. The first-order chi connectivity index (χ1) is 8.13. The van der Waals surface area contributed by atoms with Crippen LogP contribution in [0.5, 0.6) is 0 Å². The van der Waals surface area contributed by atoms with Gasteiger partial charge in [-0.15, -0.1) is 0 Å². The molecule has 1 heterocycles. The standard InChI is InChI=1S/C11H10N2O4/c1-17-10(14)6-9-12-7-4-2-3-5-8(7)13(9)11(15)16/h2-5H,6H2,1H3,(H,15,16). The van der Waals surface area contributed by atoms with Crippen molar-refractivity contribution in [2.45, 2.75) is 6.42 Å². The van der Waals surface area contributed by atoms with E-state index in [4.69, 9.17) is 5.11 Å². The van der Waals surface area contributed by atoms with Crippen LogP contribution in [-0.2, 0) is 16.0 Å². The van der Waals surface area contributed by atoms with Gasteiger partial charge in [0.15, 0.2) is 0 Å². The second-order valence-corrected chi connectivity index (χ2v) is 3.39. The van der Waals surface area contributed by atoms with Crippen molar-refractivity contribution in [3.8, 4) is 0 Å². The summed E-state index contributed by atoms with van der Waals surface area (Å²) < 4.78 is 5.49. The number of hydrogen-bond acceptors (Lipinski definition) is 4. The van der Waals surface area contributed by atoms with Gasteiger partial charge in [-0.1, -0.05) is 12.1 Å². The van der Waals surface area contributed by atoms with Gasteiger partial charge in [0, 0.05) is 0 Å². The average Bonchev–Trinajstić information content (AvgIpc) is 2.66. The number of carboxylic acid groups (broad SMARTS) is 1. The molecule has 0 amide bonds. The first-order valence-electron chi connectivity index (χ1n) is 4.90. The predicted molar refractivity (Wildman–Crippen MR) is 58.9 cm³/mol. The van der Waals surface area contributed by atoms with Gasteiger partial charge < -0.3 is 9.84 Å². The smallest absolute Gasteiger partial charge is 0.417 e. The van der Waals surface area contributed by atoms with Crippen molar-refractivity contribution in [3.05, 3.63) is 30.1 Å². The Labute approximate surface area is 96.4 Å². The summed E-state index contributed by atoms with van der Waals surface area (Å²) in [5, 5.41) is 9.11. The Kier molecular flexibility index (Phi) is 2.78. The number of methoxy groups -OCH3 is 1. The number of para-hydroxylation sites is 2. The number of esters is 1. The number of carbonyl (C=O) groups is 2. The van der Waals surface area contributed by atoms with Gasteiger partial charge in [0.25, 0.3) is 0 Å². The van der Waals surface area contributed by atoms with Crippen LogP contribution in [0.3, 0.4) is 0 Å². The topological polar surface area (TPSA) is 81.4 Å². The maximum Gasteiger partial charge on any atom is 0.417 e. The van der Waals surface area contributed by atoms with E-state index in [1.807, 2.05) is 0 Å². The Morgan fingerprint density at radius 1 is 1.41 bits per heavy atom. The number of rotatable bonds is 2.